The topological polar surface area (TPSA) is 80.5 Å². The van der Waals surface area contributed by atoms with Gasteiger partial charge in [-0.15, -0.1) is 0 Å². The van der Waals surface area contributed by atoms with Crippen LogP contribution < -0.4 is 5.14 Å². The molecule has 7 heteroatoms. The summed E-state index contributed by atoms with van der Waals surface area (Å²) in [6.45, 7) is 2.47. The zero-order valence-corrected chi connectivity index (χ0v) is 13.4. The monoisotopic (exact) mass is 358 g/mol. The van der Waals surface area contributed by atoms with Crippen molar-refractivity contribution in [3.8, 4) is 0 Å². The molecule has 1 aromatic carbocycles. The highest BCUT2D eigenvalue weighted by atomic mass is 79.9. The molecule has 108 valence electrons. The zero-order chi connectivity index (χ0) is 14.7. The van der Waals surface area contributed by atoms with Gasteiger partial charge in [0.05, 0.1) is 10.5 Å². The summed E-state index contributed by atoms with van der Waals surface area (Å²) in [5.74, 6) is 0.311. The van der Waals surface area contributed by atoms with Crippen LogP contribution in [0.2, 0.25) is 0 Å². The third-order valence-corrected chi connectivity index (χ3v) is 5.46. The zero-order valence-electron chi connectivity index (χ0n) is 11.0. The fraction of sp³-hybridized carbons (Fsp3) is 0.462. The summed E-state index contributed by atoms with van der Waals surface area (Å²) in [7, 11) is -3.91. The number of fused-ring (bicyclic) bond motifs is 1. The van der Waals surface area contributed by atoms with Gasteiger partial charge in [-0.05, 0) is 43.4 Å². The van der Waals surface area contributed by atoms with E-state index in [-0.39, 0.29) is 22.4 Å². The van der Waals surface area contributed by atoms with E-state index in [1.807, 2.05) is 6.92 Å². The number of carbonyl (C=O) groups is 1. The van der Waals surface area contributed by atoms with E-state index < -0.39 is 10.0 Å². The van der Waals surface area contributed by atoms with Gasteiger partial charge in [0.1, 0.15) is 0 Å². The van der Waals surface area contributed by atoms with Gasteiger partial charge in [-0.3, -0.25) is 4.79 Å². The minimum atomic E-state index is -3.91. The molecule has 0 saturated heterocycles. The van der Waals surface area contributed by atoms with Crippen molar-refractivity contribution in [2.75, 3.05) is 0 Å². The molecule has 5 nitrogen and oxygen atoms in total. The van der Waals surface area contributed by atoms with Gasteiger partial charge in [-0.1, -0.05) is 15.9 Å². The molecule has 1 heterocycles. The highest BCUT2D eigenvalue weighted by Gasteiger charge is 2.40. The molecule has 1 aromatic rings. The number of hydrogen-bond donors (Lipinski definition) is 1. The molecule has 20 heavy (non-hydrogen) atoms. The Morgan fingerprint density at radius 3 is 2.60 bits per heavy atom. The summed E-state index contributed by atoms with van der Waals surface area (Å²) in [6, 6.07) is 3.33. The van der Waals surface area contributed by atoms with E-state index in [4.69, 9.17) is 5.14 Å². The van der Waals surface area contributed by atoms with Crippen molar-refractivity contribution in [3.05, 3.63) is 27.7 Å². The van der Waals surface area contributed by atoms with Gasteiger partial charge in [0, 0.05) is 17.1 Å². The van der Waals surface area contributed by atoms with Gasteiger partial charge in [0.15, 0.2) is 0 Å². The fourth-order valence-electron chi connectivity index (χ4n) is 2.79. The van der Waals surface area contributed by atoms with Crippen LogP contribution in [0.3, 0.4) is 0 Å². The van der Waals surface area contributed by atoms with Gasteiger partial charge in [-0.25, -0.2) is 13.6 Å². The van der Waals surface area contributed by atoms with E-state index in [0.29, 0.717) is 16.9 Å². The SMILES string of the molecule is CC(C1CC1)N1Cc2cc(Br)cc(S(N)(=O)=O)c2C1=O. The minimum absolute atomic E-state index is 0.0858. The van der Waals surface area contributed by atoms with Crippen molar-refractivity contribution in [2.24, 2.45) is 11.1 Å². The Bertz CT molecular complexity index is 698. The molecular formula is C13H15BrN2O3S. The molecule has 0 spiro atoms. The second-order valence-electron chi connectivity index (χ2n) is 5.49. The molecule has 3 rings (SSSR count). The summed E-state index contributed by atoms with van der Waals surface area (Å²) in [5.41, 5.74) is 0.962. The van der Waals surface area contributed by atoms with Crippen LogP contribution in [0.1, 0.15) is 35.7 Å². The van der Waals surface area contributed by atoms with Crippen molar-refractivity contribution in [1.82, 2.24) is 4.90 Å². The normalized spacial score (nSPS) is 20.1. The van der Waals surface area contributed by atoms with Gasteiger partial charge >= 0.3 is 0 Å². The lowest BCUT2D eigenvalue weighted by Crippen LogP contribution is -2.35. The number of rotatable bonds is 3. The molecule has 2 N–H and O–H groups in total. The first kappa shape index (κ1) is 14.0. The maximum absolute atomic E-state index is 12.5. The van der Waals surface area contributed by atoms with Crippen molar-refractivity contribution in [1.29, 1.82) is 0 Å². The van der Waals surface area contributed by atoms with Gasteiger partial charge in [0.2, 0.25) is 10.0 Å². The third-order valence-electron chi connectivity index (χ3n) is 4.07. The van der Waals surface area contributed by atoms with Crippen LogP contribution in [0.15, 0.2) is 21.5 Å². The summed E-state index contributed by atoms with van der Waals surface area (Å²) < 4.78 is 24.0. The molecule has 1 amide bonds. The number of primary sulfonamides is 1. The molecule has 0 aromatic heterocycles. The number of hydrogen-bond acceptors (Lipinski definition) is 3. The Kier molecular flexibility index (Phi) is 3.19. The van der Waals surface area contributed by atoms with Gasteiger partial charge < -0.3 is 4.90 Å². The molecular weight excluding hydrogens is 344 g/mol. The van der Waals surface area contributed by atoms with Crippen LogP contribution in [0.25, 0.3) is 0 Å². The number of amides is 1. The highest BCUT2D eigenvalue weighted by molar-refractivity contribution is 9.10. The smallest absolute Gasteiger partial charge is 0.256 e. The predicted molar refractivity (Wildman–Crippen MR) is 77.6 cm³/mol. The van der Waals surface area contributed by atoms with E-state index in [1.165, 1.54) is 6.07 Å². The summed E-state index contributed by atoms with van der Waals surface area (Å²) in [5, 5.41) is 5.24. The minimum Gasteiger partial charge on any atom is -0.331 e. The molecule has 1 aliphatic carbocycles. The predicted octanol–water partition coefficient (Wildman–Crippen LogP) is 1.85. The molecule has 0 radical (unpaired) electrons. The highest BCUT2D eigenvalue weighted by Crippen LogP contribution is 2.40. The Labute approximate surface area is 126 Å². The van der Waals surface area contributed by atoms with Crippen LogP contribution in [0.5, 0.6) is 0 Å². The van der Waals surface area contributed by atoms with Crippen LogP contribution in [-0.4, -0.2) is 25.3 Å². The van der Waals surface area contributed by atoms with Crippen LogP contribution >= 0.6 is 15.9 Å². The lowest BCUT2D eigenvalue weighted by atomic mass is 10.1. The quantitative estimate of drug-likeness (QED) is 0.894. The molecule has 0 bridgehead atoms. The third kappa shape index (κ3) is 2.27. The maximum atomic E-state index is 12.5. The van der Waals surface area contributed by atoms with Crippen LogP contribution in [0, 0.1) is 5.92 Å². The van der Waals surface area contributed by atoms with E-state index in [1.54, 1.807) is 11.0 Å². The molecule has 1 saturated carbocycles. The van der Waals surface area contributed by atoms with E-state index in [0.717, 1.165) is 18.4 Å². The van der Waals surface area contributed by atoms with Crippen molar-refractivity contribution >= 4 is 31.9 Å². The van der Waals surface area contributed by atoms with E-state index in [2.05, 4.69) is 15.9 Å². The number of sulfonamides is 1. The molecule has 1 aliphatic heterocycles. The summed E-state index contributed by atoms with van der Waals surface area (Å²) in [6.07, 6.45) is 2.26. The molecule has 1 atom stereocenters. The molecule has 1 fully saturated rings. The maximum Gasteiger partial charge on any atom is 0.256 e. The Balaban J connectivity index is 2.08. The second-order valence-corrected chi connectivity index (χ2v) is 7.94. The van der Waals surface area contributed by atoms with E-state index in [9.17, 15) is 13.2 Å². The lowest BCUT2D eigenvalue weighted by Gasteiger charge is -2.24. The van der Waals surface area contributed by atoms with Gasteiger partial charge in [-0.2, -0.15) is 0 Å². The largest absolute Gasteiger partial charge is 0.331 e. The van der Waals surface area contributed by atoms with Crippen LogP contribution in [0.4, 0.5) is 0 Å². The Hall–Kier alpha value is -0.920. The summed E-state index contributed by atoms with van der Waals surface area (Å²) in [4.78, 5) is 14.2. The summed E-state index contributed by atoms with van der Waals surface area (Å²) >= 11 is 3.28. The molecule has 1 unspecified atom stereocenters. The first-order chi connectivity index (χ1) is 9.29. The Morgan fingerprint density at radius 2 is 2.05 bits per heavy atom. The number of nitrogens with zero attached hydrogens (tertiary/aromatic N) is 1. The van der Waals surface area contributed by atoms with Gasteiger partial charge in [0.25, 0.3) is 5.91 Å². The average molecular weight is 359 g/mol. The fourth-order valence-corrected chi connectivity index (χ4v) is 4.24. The standard InChI is InChI=1S/C13H15BrN2O3S/c1-7(8-2-3-8)16-6-9-4-10(14)5-11(20(15,18)19)12(9)13(16)17/h4-5,7-8H,2-3,6H2,1H3,(H2,15,18,19). The number of benzene rings is 1. The second kappa shape index (κ2) is 4.54. The number of carbonyl (C=O) groups excluding carboxylic acids is 1. The lowest BCUT2D eigenvalue weighted by molar-refractivity contribution is 0.0694. The van der Waals surface area contributed by atoms with Crippen LogP contribution in [-0.2, 0) is 16.6 Å². The van der Waals surface area contributed by atoms with Crippen molar-refractivity contribution in [2.45, 2.75) is 37.2 Å². The Morgan fingerprint density at radius 1 is 1.40 bits per heavy atom. The number of halogens is 1. The van der Waals surface area contributed by atoms with E-state index >= 15 is 0 Å². The van der Waals surface area contributed by atoms with Crippen molar-refractivity contribution < 1.29 is 13.2 Å². The number of nitrogens with two attached hydrogens (primary N) is 1. The first-order valence-electron chi connectivity index (χ1n) is 6.45. The molecule has 2 aliphatic rings. The average Bonchev–Trinajstić information content (AvgIpc) is 3.12. The van der Waals surface area contributed by atoms with Crippen molar-refractivity contribution in [3.63, 3.8) is 0 Å². The first-order valence-corrected chi connectivity index (χ1v) is 8.79.